The van der Waals surface area contributed by atoms with Gasteiger partial charge in [0.2, 0.25) is 11.8 Å². The van der Waals surface area contributed by atoms with Gasteiger partial charge in [0.1, 0.15) is 0 Å². The van der Waals surface area contributed by atoms with E-state index in [0.717, 1.165) is 21.4 Å². The standard InChI is InChI=1S/C18H15N5O3S2/c24-17(20-11-3-4-13-14(8-11)26-10-25-13)19-6-5-12-9-28-18-21-16(22-23(12)18)15-2-1-7-27-15/h1-4,7-9H,5-6,10H2,(H2,19,20,24). The number of aromatic nitrogens is 3. The van der Waals surface area contributed by atoms with E-state index >= 15 is 0 Å². The van der Waals surface area contributed by atoms with E-state index in [1.807, 2.05) is 27.4 Å². The van der Waals surface area contributed by atoms with Crippen LogP contribution in [-0.2, 0) is 6.42 Å². The summed E-state index contributed by atoms with van der Waals surface area (Å²) in [5.74, 6) is 2.05. The molecule has 8 nitrogen and oxygen atoms in total. The van der Waals surface area contributed by atoms with Crippen molar-refractivity contribution in [3.8, 4) is 22.2 Å². The van der Waals surface area contributed by atoms with Crippen molar-refractivity contribution in [3.05, 3.63) is 46.8 Å². The van der Waals surface area contributed by atoms with Gasteiger partial charge >= 0.3 is 6.03 Å². The van der Waals surface area contributed by atoms with Crippen molar-refractivity contribution in [3.63, 3.8) is 0 Å². The first-order valence-electron chi connectivity index (χ1n) is 8.58. The highest BCUT2D eigenvalue weighted by Crippen LogP contribution is 2.34. The quantitative estimate of drug-likeness (QED) is 0.522. The zero-order valence-corrected chi connectivity index (χ0v) is 16.2. The van der Waals surface area contributed by atoms with E-state index in [1.165, 1.54) is 0 Å². The van der Waals surface area contributed by atoms with E-state index in [2.05, 4.69) is 20.7 Å². The zero-order chi connectivity index (χ0) is 18.9. The minimum Gasteiger partial charge on any atom is -0.454 e. The van der Waals surface area contributed by atoms with Crippen molar-refractivity contribution in [2.45, 2.75) is 6.42 Å². The molecule has 0 fully saturated rings. The maximum Gasteiger partial charge on any atom is 0.319 e. The molecule has 1 aromatic carbocycles. The third-order valence-electron chi connectivity index (χ3n) is 4.19. The zero-order valence-electron chi connectivity index (χ0n) is 14.5. The molecule has 0 bridgehead atoms. The summed E-state index contributed by atoms with van der Waals surface area (Å²) >= 11 is 3.16. The van der Waals surface area contributed by atoms with Crippen LogP contribution in [0.3, 0.4) is 0 Å². The van der Waals surface area contributed by atoms with E-state index in [9.17, 15) is 4.79 Å². The molecular formula is C18H15N5O3S2. The summed E-state index contributed by atoms with van der Waals surface area (Å²) in [7, 11) is 0. The number of carbonyl (C=O) groups is 1. The molecule has 10 heteroatoms. The lowest BCUT2D eigenvalue weighted by atomic mass is 10.3. The second kappa shape index (κ2) is 7.13. The molecule has 0 unspecified atom stereocenters. The predicted molar refractivity (Wildman–Crippen MR) is 107 cm³/mol. The van der Waals surface area contributed by atoms with Crippen LogP contribution in [0.25, 0.3) is 15.7 Å². The molecule has 2 N–H and O–H groups in total. The van der Waals surface area contributed by atoms with Crippen LogP contribution in [0, 0.1) is 0 Å². The topological polar surface area (TPSA) is 89.8 Å². The summed E-state index contributed by atoms with van der Waals surface area (Å²) in [5, 5.41) is 14.3. The first kappa shape index (κ1) is 17.0. The van der Waals surface area contributed by atoms with Crippen molar-refractivity contribution < 1.29 is 14.3 Å². The van der Waals surface area contributed by atoms with Crippen LogP contribution in [0.2, 0.25) is 0 Å². The molecule has 142 valence electrons. The molecule has 5 rings (SSSR count). The van der Waals surface area contributed by atoms with E-state index in [1.54, 1.807) is 40.9 Å². The predicted octanol–water partition coefficient (Wildman–Crippen LogP) is 3.61. The molecular weight excluding hydrogens is 398 g/mol. The van der Waals surface area contributed by atoms with Crippen molar-refractivity contribution in [2.24, 2.45) is 0 Å². The molecule has 4 aromatic rings. The van der Waals surface area contributed by atoms with E-state index in [0.29, 0.717) is 30.2 Å². The number of thiazole rings is 1. The van der Waals surface area contributed by atoms with Crippen LogP contribution in [0.1, 0.15) is 5.69 Å². The fourth-order valence-corrected chi connectivity index (χ4v) is 4.37. The molecule has 0 atom stereocenters. The summed E-state index contributed by atoms with van der Waals surface area (Å²) in [6.07, 6.45) is 0.655. The third kappa shape index (κ3) is 3.27. The SMILES string of the molecule is O=C(NCCc1csc2nc(-c3cccs3)nn12)Nc1ccc2c(c1)OCO2. The fourth-order valence-electron chi connectivity index (χ4n) is 2.86. The summed E-state index contributed by atoms with van der Waals surface area (Å²) in [4.78, 5) is 18.6. The second-order valence-electron chi connectivity index (χ2n) is 6.03. The van der Waals surface area contributed by atoms with Gasteiger partial charge in [-0.15, -0.1) is 27.8 Å². The number of nitrogens with zero attached hydrogens (tertiary/aromatic N) is 3. The van der Waals surface area contributed by atoms with Gasteiger partial charge in [-0.2, -0.15) is 4.98 Å². The fraction of sp³-hybridized carbons (Fsp3) is 0.167. The van der Waals surface area contributed by atoms with E-state index in [4.69, 9.17) is 9.47 Å². The van der Waals surface area contributed by atoms with Crippen molar-refractivity contribution >= 4 is 39.4 Å². The number of carbonyl (C=O) groups excluding carboxylic acids is 1. The lowest BCUT2D eigenvalue weighted by Gasteiger charge is -2.08. The van der Waals surface area contributed by atoms with Crippen LogP contribution in [0.5, 0.6) is 11.5 Å². The Balaban J connectivity index is 1.19. The average Bonchev–Trinajstić information content (AvgIpc) is 3.46. The normalized spacial score (nSPS) is 12.4. The van der Waals surface area contributed by atoms with Crippen LogP contribution in [0.15, 0.2) is 41.1 Å². The molecule has 2 amide bonds. The number of urea groups is 1. The Kier molecular flexibility index (Phi) is 4.34. The number of amides is 2. The molecule has 1 aliphatic heterocycles. The number of hydrogen-bond donors (Lipinski definition) is 2. The Morgan fingerprint density at radius 3 is 3.04 bits per heavy atom. The Hall–Kier alpha value is -3.11. The van der Waals surface area contributed by atoms with E-state index < -0.39 is 0 Å². The van der Waals surface area contributed by atoms with E-state index in [-0.39, 0.29) is 12.8 Å². The monoisotopic (exact) mass is 413 g/mol. The van der Waals surface area contributed by atoms with Gasteiger partial charge in [-0.1, -0.05) is 6.07 Å². The maximum absolute atomic E-state index is 12.1. The van der Waals surface area contributed by atoms with Gasteiger partial charge in [-0.3, -0.25) is 0 Å². The maximum atomic E-state index is 12.1. The van der Waals surface area contributed by atoms with Crippen LogP contribution in [-0.4, -0.2) is 34.0 Å². The van der Waals surface area contributed by atoms with Crippen molar-refractivity contribution in [1.82, 2.24) is 19.9 Å². The van der Waals surface area contributed by atoms with Crippen LogP contribution in [0.4, 0.5) is 10.5 Å². The number of ether oxygens (including phenoxy) is 2. The number of fused-ring (bicyclic) bond motifs is 2. The van der Waals surface area contributed by atoms with Gasteiger partial charge in [0.05, 0.1) is 10.6 Å². The smallest absolute Gasteiger partial charge is 0.319 e. The minimum atomic E-state index is -0.275. The summed E-state index contributed by atoms with van der Waals surface area (Å²) in [5.41, 5.74) is 1.66. The molecule has 28 heavy (non-hydrogen) atoms. The Morgan fingerprint density at radius 2 is 2.14 bits per heavy atom. The Labute approximate surface area is 167 Å². The third-order valence-corrected chi connectivity index (χ3v) is 5.92. The number of nitrogens with one attached hydrogen (secondary N) is 2. The Bertz CT molecular complexity index is 1140. The molecule has 0 spiro atoms. The van der Waals surface area contributed by atoms with Gasteiger partial charge in [-0.05, 0) is 23.6 Å². The molecule has 0 saturated heterocycles. The highest BCUT2D eigenvalue weighted by Gasteiger charge is 2.15. The lowest BCUT2D eigenvalue weighted by Crippen LogP contribution is -2.30. The second-order valence-corrected chi connectivity index (χ2v) is 7.82. The average molecular weight is 413 g/mol. The molecule has 0 radical (unpaired) electrons. The van der Waals surface area contributed by atoms with Crippen molar-refractivity contribution in [1.29, 1.82) is 0 Å². The first-order valence-corrected chi connectivity index (χ1v) is 10.3. The van der Waals surface area contributed by atoms with Gasteiger partial charge < -0.3 is 20.1 Å². The molecule has 3 aromatic heterocycles. The molecule has 4 heterocycles. The number of benzene rings is 1. The summed E-state index contributed by atoms with van der Waals surface area (Å²) in [6.45, 7) is 0.687. The first-order chi connectivity index (χ1) is 13.8. The van der Waals surface area contributed by atoms with Crippen LogP contribution < -0.4 is 20.1 Å². The number of anilines is 1. The summed E-state index contributed by atoms with van der Waals surface area (Å²) < 4.78 is 12.4. The largest absolute Gasteiger partial charge is 0.454 e. The molecule has 0 saturated carbocycles. The Morgan fingerprint density at radius 1 is 1.21 bits per heavy atom. The highest BCUT2D eigenvalue weighted by atomic mass is 32.1. The highest BCUT2D eigenvalue weighted by molar-refractivity contribution is 7.15. The summed E-state index contributed by atoms with van der Waals surface area (Å²) in [6, 6.07) is 9.01. The number of hydrogen-bond acceptors (Lipinski definition) is 7. The molecule has 1 aliphatic rings. The van der Waals surface area contributed by atoms with Gasteiger partial charge in [-0.25, -0.2) is 9.31 Å². The minimum absolute atomic E-state index is 0.205. The molecule has 0 aliphatic carbocycles. The number of rotatable bonds is 5. The van der Waals surface area contributed by atoms with Gasteiger partial charge in [0, 0.05) is 30.1 Å². The van der Waals surface area contributed by atoms with Crippen LogP contribution >= 0.6 is 22.7 Å². The lowest BCUT2D eigenvalue weighted by molar-refractivity contribution is 0.174. The number of thiophene rings is 1. The van der Waals surface area contributed by atoms with Gasteiger partial charge in [0.15, 0.2) is 17.3 Å². The van der Waals surface area contributed by atoms with Gasteiger partial charge in [0.25, 0.3) is 0 Å². The van der Waals surface area contributed by atoms with Crippen molar-refractivity contribution in [2.75, 3.05) is 18.7 Å².